The SMILES string of the molecule is CSC(C)CC1OC(=O)C(C(C)=O)=C1O. The molecule has 15 heavy (non-hydrogen) atoms. The van der Waals surface area contributed by atoms with Gasteiger partial charge in [0, 0.05) is 11.7 Å². The highest BCUT2D eigenvalue weighted by Gasteiger charge is 2.37. The Hall–Kier alpha value is -0.970. The summed E-state index contributed by atoms with van der Waals surface area (Å²) >= 11 is 1.61. The minimum atomic E-state index is -0.710. The number of cyclic esters (lactones) is 1. The van der Waals surface area contributed by atoms with Gasteiger partial charge in [-0.3, -0.25) is 4.79 Å². The summed E-state index contributed by atoms with van der Waals surface area (Å²) in [6, 6.07) is 0. The standard InChI is InChI=1S/C10H14O4S/c1-5(15-3)4-7-9(12)8(6(2)11)10(13)14-7/h5,7,12H,4H2,1-3H3. The van der Waals surface area contributed by atoms with Gasteiger partial charge in [0.1, 0.15) is 5.57 Å². The van der Waals surface area contributed by atoms with Crippen molar-refractivity contribution in [3.05, 3.63) is 11.3 Å². The predicted octanol–water partition coefficient (Wildman–Crippen LogP) is 1.45. The van der Waals surface area contributed by atoms with Crippen molar-refractivity contribution in [3.8, 4) is 0 Å². The fourth-order valence-electron chi connectivity index (χ4n) is 1.39. The summed E-state index contributed by atoms with van der Waals surface area (Å²) < 4.78 is 4.92. The fourth-order valence-corrected chi connectivity index (χ4v) is 1.76. The van der Waals surface area contributed by atoms with Gasteiger partial charge in [0.2, 0.25) is 0 Å². The first kappa shape index (κ1) is 12.1. The Balaban J connectivity index is 2.81. The average Bonchev–Trinajstić information content (AvgIpc) is 2.41. The number of carbonyl (C=O) groups is 2. The van der Waals surface area contributed by atoms with Gasteiger partial charge in [-0.25, -0.2) is 4.79 Å². The lowest BCUT2D eigenvalue weighted by Crippen LogP contribution is -2.16. The molecule has 4 nitrogen and oxygen atoms in total. The third-order valence-electron chi connectivity index (χ3n) is 2.31. The molecule has 2 atom stereocenters. The Morgan fingerprint density at radius 1 is 1.67 bits per heavy atom. The van der Waals surface area contributed by atoms with Crippen molar-refractivity contribution in [2.75, 3.05) is 6.26 Å². The molecule has 5 heteroatoms. The predicted molar refractivity (Wildman–Crippen MR) is 57.8 cm³/mol. The molecular formula is C10H14O4S. The average molecular weight is 230 g/mol. The van der Waals surface area contributed by atoms with Gasteiger partial charge in [0.15, 0.2) is 17.6 Å². The van der Waals surface area contributed by atoms with E-state index >= 15 is 0 Å². The van der Waals surface area contributed by atoms with Gasteiger partial charge < -0.3 is 9.84 Å². The first-order chi connectivity index (χ1) is 6.97. The Labute approximate surface area is 92.7 Å². The van der Waals surface area contributed by atoms with Crippen LogP contribution in [0.15, 0.2) is 11.3 Å². The number of carbonyl (C=O) groups excluding carboxylic acids is 2. The number of thioether (sulfide) groups is 1. The molecule has 0 fully saturated rings. The maximum Gasteiger partial charge on any atom is 0.346 e. The van der Waals surface area contributed by atoms with Crippen molar-refractivity contribution < 1.29 is 19.4 Å². The maximum atomic E-state index is 11.2. The summed E-state index contributed by atoms with van der Waals surface area (Å²) in [6.07, 6.45) is 1.81. The minimum Gasteiger partial charge on any atom is -0.507 e. The largest absolute Gasteiger partial charge is 0.507 e. The number of hydrogen-bond acceptors (Lipinski definition) is 5. The number of aliphatic hydroxyl groups excluding tert-OH is 1. The molecule has 0 spiro atoms. The topological polar surface area (TPSA) is 63.6 Å². The molecule has 0 aromatic heterocycles. The van der Waals surface area contributed by atoms with Crippen molar-refractivity contribution in [1.29, 1.82) is 0 Å². The minimum absolute atomic E-state index is 0.201. The Morgan fingerprint density at radius 3 is 2.67 bits per heavy atom. The second kappa shape index (κ2) is 4.70. The molecule has 0 aliphatic carbocycles. The molecule has 1 aliphatic heterocycles. The molecule has 0 radical (unpaired) electrons. The molecule has 0 saturated carbocycles. The van der Waals surface area contributed by atoms with Crippen molar-refractivity contribution in [3.63, 3.8) is 0 Å². The van der Waals surface area contributed by atoms with E-state index < -0.39 is 17.9 Å². The van der Waals surface area contributed by atoms with Gasteiger partial charge in [-0.2, -0.15) is 11.8 Å². The van der Waals surface area contributed by atoms with E-state index in [1.165, 1.54) is 6.92 Å². The quantitative estimate of drug-likeness (QED) is 0.585. The molecule has 2 unspecified atom stereocenters. The summed E-state index contributed by atoms with van der Waals surface area (Å²) in [5.41, 5.74) is -0.201. The van der Waals surface area contributed by atoms with Crippen LogP contribution in [0.1, 0.15) is 20.3 Å². The fraction of sp³-hybridized carbons (Fsp3) is 0.600. The van der Waals surface area contributed by atoms with Crippen LogP contribution in [-0.2, 0) is 14.3 Å². The molecule has 1 N–H and O–H groups in total. The third kappa shape index (κ3) is 2.53. The van der Waals surface area contributed by atoms with E-state index in [2.05, 4.69) is 0 Å². The molecule has 1 aliphatic rings. The first-order valence-corrected chi connectivity index (χ1v) is 5.94. The van der Waals surface area contributed by atoms with Gasteiger partial charge in [0.25, 0.3) is 0 Å². The smallest absolute Gasteiger partial charge is 0.346 e. The molecule has 1 heterocycles. The highest BCUT2D eigenvalue weighted by molar-refractivity contribution is 7.99. The lowest BCUT2D eigenvalue weighted by Gasteiger charge is -2.13. The summed E-state index contributed by atoms with van der Waals surface area (Å²) in [5.74, 6) is -1.37. The molecule has 0 amide bonds. The molecule has 0 aromatic rings. The summed E-state index contributed by atoms with van der Waals surface area (Å²) in [6.45, 7) is 3.21. The van der Waals surface area contributed by atoms with Gasteiger partial charge in [-0.1, -0.05) is 6.92 Å². The van der Waals surface area contributed by atoms with Crippen molar-refractivity contribution in [2.24, 2.45) is 0 Å². The van der Waals surface area contributed by atoms with Crippen molar-refractivity contribution in [2.45, 2.75) is 31.6 Å². The van der Waals surface area contributed by atoms with E-state index in [9.17, 15) is 14.7 Å². The lowest BCUT2D eigenvalue weighted by molar-refractivity contribution is -0.141. The Bertz CT molecular complexity index is 321. The lowest BCUT2D eigenvalue weighted by atomic mass is 10.1. The van der Waals surface area contributed by atoms with E-state index in [-0.39, 0.29) is 16.6 Å². The van der Waals surface area contributed by atoms with Crippen LogP contribution in [0.2, 0.25) is 0 Å². The van der Waals surface area contributed by atoms with Crippen LogP contribution in [0.5, 0.6) is 0 Å². The van der Waals surface area contributed by atoms with Crippen LogP contribution >= 0.6 is 11.8 Å². The first-order valence-electron chi connectivity index (χ1n) is 4.65. The van der Waals surface area contributed by atoms with Crippen molar-refractivity contribution in [1.82, 2.24) is 0 Å². The van der Waals surface area contributed by atoms with Gasteiger partial charge in [0.05, 0.1) is 0 Å². The van der Waals surface area contributed by atoms with Gasteiger partial charge in [-0.05, 0) is 13.2 Å². The van der Waals surface area contributed by atoms with Gasteiger partial charge in [-0.15, -0.1) is 0 Å². The van der Waals surface area contributed by atoms with Crippen LogP contribution in [0, 0.1) is 0 Å². The highest BCUT2D eigenvalue weighted by Crippen LogP contribution is 2.27. The molecule has 0 aromatic carbocycles. The van der Waals surface area contributed by atoms with E-state index in [0.717, 1.165) is 0 Å². The van der Waals surface area contributed by atoms with Crippen molar-refractivity contribution >= 4 is 23.5 Å². The molecule has 84 valence electrons. The van der Waals surface area contributed by atoms with E-state index in [1.807, 2.05) is 13.2 Å². The number of rotatable bonds is 4. The second-order valence-electron chi connectivity index (χ2n) is 3.49. The van der Waals surface area contributed by atoms with Crippen LogP contribution < -0.4 is 0 Å². The second-order valence-corrected chi connectivity index (χ2v) is 4.77. The van der Waals surface area contributed by atoms with E-state index in [0.29, 0.717) is 6.42 Å². The number of ketones is 1. The van der Waals surface area contributed by atoms with Crippen LogP contribution in [-0.4, -0.2) is 34.5 Å². The molecule has 0 saturated heterocycles. The Morgan fingerprint density at radius 2 is 2.27 bits per heavy atom. The van der Waals surface area contributed by atoms with E-state index in [1.54, 1.807) is 11.8 Å². The normalized spacial score (nSPS) is 22.9. The molecule has 1 rings (SSSR count). The number of ether oxygens (including phenoxy) is 1. The zero-order valence-corrected chi connectivity index (χ0v) is 9.76. The zero-order valence-electron chi connectivity index (χ0n) is 8.94. The number of esters is 1. The molecule has 0 bridgehead atoms. The van der Waals surface area contributed by atoms with Crippen LogP contribution in [0.4, 0.5) is 0 Å². The maximum absolute atomic E-state index is 11.2. The number of aliphatic hydroxyl groups is 1. The Kier molecular flexibility index (Phi) is 3.79. The van der Waals surface area contributed by atoms with Crippen LogP contribution in [0.25, 0.3) is 0 Å². The van der Waals surface area contributed by atoms with E-state index in [4.69, 9.17) is 4.74 Å². The number of Topliss-reactive ketones (excluding diaryl/α,β-unsaturated/α-hetero) is 1. The summed E-state index contributed by atoms with van der Waals surface area (Å²) in [4.78, 5) is 22.3. The third-order valence-corrected chi connectivity index (χ3v) is 3.31. The van der Waals surface area contributed by atoms with Crippen LogP contribution in [0.3, 0.4) is 0 Å². The highest BCUT2D eigenvalue weighted by atomic mass is 32.2. The summed E-state index contributed by atoms with van der Waals surface area (Å²) in [5, 5.41) is 9.90. The number of hydrogen-bond donors (Lipinski definition) is 1. The van der Waals surface area contributed by atoms with Gasteiger partial charge >= 0.3 is 5.97 Å². The summed E-state index contributed by atoms with van der Waals surface area (Å²) in [7, 11) is 0. The monoisotopic (exact) mass is 230 g/mol. The zero-order chi connectivity index (χ0) is 11.6. The molecular weight excluding hydrogens is 216 g/mol.